The Balaban J connectivity index is 1.83. The van der Waals surface area contributed by atoms with Gasteiger partial charge in [0.25, 0.3) is 15.9 Å². The van der Waals surface area contributed by atoms with Crippen molar-refractivity contribution in [3.05, 3.63) is 40.4 Å². The van der Waals surface area contributed by atoms with Crippen LogP contribution in [0.2, 0.25) is 0 Å². The Kier molecular flexibility index (Phi) is 4.73. The molecule has 0 spiro atoms. The Morgan fingerprint density at radius 2 is 2.04 bits per heavy atom. The molecule has 8 nitrogen and oxygen atoms in total. The molecule has 1 amide bonds. The first-order valence-corrected chi connectivity index (χ1v) is 9.70. The molecule has 1 aliphatic rings. The molecule has 1 aromatic carbocycles. The Hall–Kier alpha value is -2.46. The standard InChI is InChI=1S/C15H15N3O5S2/c1-23-14(20)9-4-6-10(7-5-9)25(21,22)18-15-17-11-3-2-8-16-13(19)12(11)24-15/h4-7H,2-3,8H2,1H3,(H,16,19)(H,17,18). The number of esters is 1. The van der Waals surface area contributed by atoms with Gasteiger partial charge < -0.3 is 10.1 Å². The van der Waals surface area contributed by atoms with E-state index < -0.39 is 16.0 Å². The second-order valence-corrected chi connectivity index (χ2v) is 7.96. The van der Waals surface area contributed by atoms with Crippen molar-refractivity contribution in [3.8, 4) is 0 Å². The summed E-state index contributed by atoms with van der Waals surface area (Å²) in [6.45, 7) is 0.579. The lowest BCUT2D eigenvalue weighted by Gasteiger charge is -2.06. The lowest BCUT2D eigenvalue weighted by molar-refractivity contribution is 0.0600. The summed E-state index contributed by atoms with van der Waals surface area (Å²) in [5.74, 6) is -0.788. The van der Waals surface area contributed by atoms with Gasteiger partial charge in [0.1, 0.15) is 4.88 Å². The smallest absolute Gasteiger partial charge is 0.337 e. The number of fused-ring (bicyclic) bond motifs is 1. The fourth-order valence-electron chi connectivity index (χ4n) is 2.34. The molecule has 0 atom stereocenters. The average Bonchev–Trinajstić information content (AvgIpc) is 2.92. The van der Waals surface area contributed by atoms with Crippen LogP contribution in [-0.4, -0.2) is 38.9 Å². The maximum absolute atomic E-state index is 12.5. The second kappa shape index (κ2) is 6.81. The number of methoxy groups -OCH3 is 1. The van der Waals surface area contributed by atoms with E-state index in [1.807, 2.05) is 0 Å². The Morgan fingerprint density at radius 1 is 1.32 bits per heavy atom. The van der Waals surface area contributed by atoms with Crippen molar-refractivity contribution in [3.63, 3.8) is 0 Å². The number of nitrogens with one attached hydrogen (secondary N) is 2. The minimum absolute atomic E-state index is 0.0185. The van der Waals surface area contributed by atoms with Crippen LogP contribution in [0, 0.1) is 0 Å². The van der Waals surface area contributed by atoms with E-state index in [0.29, 0.717) is 23.5 Å². The Morgan fingerprint density at radius 3 is 2.72 bits per heavy atom. The van der Waals surface area contributed by atoms with Crippen LogP contribution in [0.5, 0.6) is 0 Å². The summed E-state index contributed by atoms with van der Waals surface area (Å²) in [7, 11) is -2.63. The van der Waals surface area contributed by atoms with Crippen molar-refractivity contribution >= 4 is 38.4 Å². The van der Waals surface area contributed by atoms with Crippen LogP contribution in [0.4, 0.5) is 5.13 Å². The molecular formula is C15H15N3O5S2. The summed E-state index contributed by atoms with van der Waals surface area (Å²) in [6.07, 6.45) is 1.36. The third-order valence-corrected chi connectivity index (χ3v) is 6.08. The highest BCUT2D eigenvalue weighted by Gasteiger charge is 2.23. The third-order valence-electron chi connectivity index (χ3n) is 3.59. The molecule has 2 aromatic rings. The third kappa shape index (κ3) is 3.64. The van der Waals surface area contributed by atoms with Gasteiger partial charge in [0, 0.05) is 6.54 Å². The number of thiazole rings is 1. The number of hydrogen-bond donors (Lipinski definition) is 2. The van der Waals surface area contributed by atoms with Gasteiger partial charge in [-0.15, -0.1) is 0 Å². The first-order valence-electron chi connectivity index (χ1n) is 7.40. The van der Waals surface area contributed by atoms with Crippen LogP contribution in [0.1, 0.15) is 32.1 Å². The first-order chi connectivity index (χ1) is 11.9. The van der Waals surface area contributed by atoms with Gasteiger partial charge >= 0.3 is 5.97 Å². The normalized spacial score (nSPS) is 14.2. The lowest BCUT2D eigenvalue weighted by atomic mass is 10.2. The quantitative estimate of drug-likeness (QED) is 0.774. The van der Waals surface area contributed by atoms with Gasteiger partial charge in [-0.1, -0.05) is 11.3 Å². The number of aryl methyl sites for hydroxylation is 1. The zero-order valence-electron chi connectivity index (χ0n) is 13.2. The maximum Gasteiger partial charge on any atom is 0.337 e. The molecule has 0 unspecified atom stereocenters. The fraction of sp³-hybridized carbons (Fsp3) is 0.267. The summed E-state index contributed by atoms with van der Waals surface area (Å²) in [6, 6.07) is 5.34. The largest absolute Gasteiger partial charge is 0.465 e. The molecule has 0 aliphatic carbocycles. The van der Waals surface area contributed by atoms with Gasteiger partial charge in [0.05, 0.1) is 23.3 Å². The van der Waals surface area contributed by atoms with E-state index in [-0.39, 0.29) is 21.5 Å². The van der Waals surface area contributed by atoms with Crippen molar-refractivity contribution < 1.29 is 22.7 Å². The number of nitrogens with zero attached hydrogens (tertiary/aromatic N) is 1. The predicted molar refractivity (Wildman–Crippen MR) is 91.4 cm³/mol. The summed E-state index contributed by atoms with van der Waals surface area (Å²) in [5.41, 5.74) is 0.845. The second-order valence-electron chi connectivity index (χ2n) is 5.28. The van der Waals surface area contributed by atoms with Crippen LogP contribution in [0.3, 0.4) is 0 Å². The van der Waals surface area contributed by atoms with E-state index in [9.17, 15) is 18.0 Å². The van der Waals surface area contributed by atoms with Crippen LogP contribution in [0.25, 0.3) is 0 Å². The van der Waals surface area contributed by atoms with E-state index in [1.165, 1.54) is 31.4 Å². The Bertz CT molecular complexity index is 919. The summed E-state index contributed by atoms with van der Waals surface area (Å²) < 4.78 is 31.9. The number of hydrogen-bond acceptors (Lipinski definition) is 7. The number of aromatic nitrogens is 1. The van der Waals surface area contributed by atoms with Gasteiger partial charge in [-0.3, -0.25) is 9.52 Å². The number of sulfonamides is 1. The molecule has 1 aliphatic heterocycles. The molecule has 2 heterocycles. The van der Waals surface area contributed by atoms with E-state index in [2.05, 4.69) is 19.8 Å². The topological polar surface area (TPSA) is 114 Å². The maximum atomic E-state index is 12.5. The number of carbonyl (C=O) groups excluding carboxylic acids is 2. The first kappa shape index (κ1) is 17.4. The van der Waals surface area contributed by atoms with Gasteiger partial charge in [-0.2, -0.15) is 0 Å². The summed E-state index contributed by atoms with van der Waals surface area (Å²) in [5, 5.41) is 2.88. The van der Waals surface area contributed by atoms with Gasteiger partial charge in [-0.05, 0) is 37.1 Å². The lowest BCUT2D eigenvalue weighted by Crippen LogP contribution is -2.21. The zero-order valence-corrected chi connectivity index (χ0v) is 14.9. The number of carbonyl (C=O) groups is 2. The predicted octanol–water partition coefficient (Wildman–Crippen LogP) is 1.41. The minimum Gasteiger partial charge on any atom is -0.465 e. The van der Waals surface area contributed by atoms with Crippen LogP contribution < -0.4 is 10.0 Å². The fourth-order valence-corrected chi connectivity index (χ4v) is 4.51. The SMILES string of the molecule is COC(=O)c1ccc(S(=O)(=O)Nc2nc3c(s2)C(=O)NCCC3)cc1. The van der Waals surface area contributed by atoms with Crippen molar-refractivity contribution in [2.75, 3.05) is 18.4 Å². The minimum atomic E-state index is -3.87. The number of rotatable bonds is 4. The van der Waals surface area contributed by atoms with Crippen molar-refractivity contribution in [1.29, 1.82) is 0 Å². The monoisotopic (exact) mass is 381 g/mol. The molecule has 3 rings (SSSR count). The molecule has 0 bridgehead atoms. The van der Waals surface area contributed by atoms with Gasteiger partial charge in [0.15, 0.2) is 5.13 Å². The van der Waals surface area contributed by atoms with Crippen molar-refractivity contribution in [2.24, 2.45) is 0 Å². The van der Waals surface area contributed by atoms with Crippen LogP contribution in [-0.2, 0) is 21.2 Å². The van der Waals surface area contributed by atoms with Crippen LogP contribution in [0.15, 0.2) is 29.2 Å². The molecule has 132 valence electrons. The molecule has 0 saturated heterocycles. The molecule has 25 heavy (non-hydrogen) atoms. The highest BCUT2D eigenvalue weighted by atomic mass is 32.2. The number of anilines is 1. The molecule has 0 fully saturated rings. The Labute approximate surface area is 148 Å². The van der Waals surface area contributed by atoms with Gasteiger partial charge in [-0.25, -0.2) is 18.2 Å². The van der Waals surface area contributed by atoms with E-state index in [4.69, 9.17) is 0 Å². The van der Waals surface area contributed by atoms with Gasteiger partial charge in [0.2, 0.25) is 0 Å². The highest BCUT2D eigenvalue weighted by molar-refractivity contribution is 7.93. The molecule has 2 N–H and O–H groups in total. The highest BCUT2D eigenvalue weighted by Crippen LogP contribution is 2.27. The molecule has 10 heteroatoms. The molecule has 0 radical (unpaired) electrons. The van der Waals surface area contributed by atoms with E-state index in [0.717, 1.165) is 17.8 Å². The molecule has 0 saturated carbocycles. The summed E-state index contributed by atoms with van der Waals surface area (Å²) in [4.78, 5) is 28.0. The van der Waals surface area contributed by atoms with Crippen LogP contribution >= 0.6 is 11.3 Å². The summed E-state index contributed by atoms with van der Waals surface area (Å²) >= 11 is 1.00. The number of amides is 1. The molecule has 1 aromatic heterocycles. The number of ether oxygens (including phenoxy) is 1. The van der Waals surface area contributed by atoms with E-state index in [1.54, 1.807) is 0 Å². The molecular weight excluding hydrogens is 366 g/mol. The van der Waals surface area contributed by atoms with E-state index >= 15 is 0 Å². The van der Waals surface area contributed by atoms with Crippen molar-refractivity contribution in [1.82, 2.24) is 10.3 Å². The van der Waals surface area contributed by atoms with Crippen molar-refractivity contribution in [2.45, 2.75) is 17.7 Å². The number of benzene rings is 1. The zero-order chi connectivity index (χ0) is 18.0. The average molecular weight is 381 g/mol.